The molecule has 3 aromatic rings. The van der Waals surface area contributed by atoms with E-state index in [0.29, 0.717) is 0 Å². The van der Waals surface area contributed by atoms with E-state index in [-0.39, 0.29) is 12.3 Å². The average molecular weight is 386 g/mol. The lowest BCUT2D eigenvalue weighted by atomic mass is 9.95. The van der Waals surface area contributed by atoms with E-state index in [1.165, 1.54) is 0 Å². The summed E-state index contributed by atoms with van der Waals surface area (Å²) in [5.74, 6) is 2.54. The second-order valence-corrected chi connectivity index (χ2v) is 7.16. The van der Waals surface area contributed by atoms with Crippen LogP contribution in [-0.4, -0.2) is 24.9 Å². The van der Waals surface area contributed by atoms with Crippen LogP contribution in [0.1, 0.15) is 35.4 Å². The number of hydrogen-bond acceptors (Lipinski definition) is 5. The number of ether oxygens (including phenoxy) is 3. The van der Waals surface area contributed by atoms with Crippen molar-refractivity contribution >= 4 is 5.71 Å². The van der Waals surface area contributed by atoms with Gasteiger partial charge in [-0.2, -0.15) is 5.10 Å². The SMILES string of the molecule is COc1ccc(C2=NN3C(C2)c2cc(OC)ccc2OC3c2ccccc2)cc1. The van der Waals surface area contributed by atoms with Crippen LogP contribution in [0.2, 0.25) is 0 Å². The molecule has 29 heavy (non-hydrogen) atoms. The Labute approximate surface area is 170 Å². The number of rotatable bonds is 4. The highest BCUT2D eigenvalue weighted by Crippen LogP contribution is 2.48. The van der Waals surface area contributed by atoms with Crippen LogP contribution >= 0.6 is 0 Å². The molecule has 5 heteroatoms. The molecule has 2 heterocycles. The predicted octanol–water partition coefficient (Wildman–Crippen LogP) is 4.95. The van der Waals surface area contributed by atoms with E-state index in [4.69, 9.17) is 19.3 Å². The van der Waals surface area contributed by atoms with E-state index in [1.807, 2.05) is 42.5 Å². The van der Waals surface area contributed by atoms with Gasteiger partial charge in [0.25, 0.3) is 0 Å². The summed E-state index contributed by atoms with van der Waals surface area (Å²) in [6.45, 7) is 0. The van der Waals surface area contributed by atoms with Crippen molar-refractivity contribution in [3.8, 4) is 17.2 Å². The van der Waals surface area contributed by atoms with Crippen LogP contribution < -0.4 is 14.2 Å². The molecular weight excluding hydrogens is 364 g/mol. The Morgan fingerprint density at radius 2 is 1.62 bits per heavy atom. The maximum Gasteiger partial charge on any atom is 0.213 e. The Kier molecular flexibility index (Phi) is 4.35. The zero-order valence-corrected chi connectivity index (χ0v) is 16.4. The lowest BCUT2D eigenvalue weighted by molar-refractivity contribution is -0.0191. The van der Waals surface area contributed by atoms with Crippen LogP contribution in [0.15, 0.2) is 77.9 Å². The molecular formula is C24H22N2O3. The maximum absolute atomic E-state index is 6.40. The van der Waals surface area contributed by atoms with E-state index in [0.717, 1.165) is 46.1 Å². The molecule has 146 valence electrons. The third-order valence-electron chi connectivity index (χ3n) is 5.50. The molecule has 2 unspecified atom stereocenters. The van der Waals surface area contributed by atoms with Crippen LogP contribution in [-0.2, 0) is 0 Å². The number of methoxy groups -OCH3 is 2. The van der Waals surface area contributed by atoms with Gasteiger partial charge in [0, 0.05) is 17.5 Å². The van der Waals surface area contributed by atoms with Crippen molar-refractivity contribution in [2.24, 2.45) is 5.10 Å². The Bertz CT molecular complexity index is 1050. The van der Waals surface area contributed by atoms with E-state index >= 15 is 0 Å². The Morgan fingerprint density at radius 3 is 2.34 bits per heavy atom. The molecule has 0 aromatic heterocycles. The van der Waals surface area contributed by atoms with Crippen molar-refractivity contribution in [3.05, 3.63) is 89.5 Å². The first kappa shape index (κ1) is 17.6. The van der Waals surface area contributed by atoms with Crippen molar-refractivity contribution in [2.45, 2.75) is 18.7 Å². The van der Waals surface area contributed by atoms with Crippen molar-refractivity contribution in [3.63, 3.8) is 0 Å². The number of hydrazone groups is 1. The third kappa shape index (κ3) is 3.09. The van der Waals surface area contributed by atoms with Crippen molar-refractivity contribution in [2.75, 3.05) is 14.2 Å². The van der Waals surface area contributed by atoms with Gasteiger partial charge in [-0.15, -0.1) is 0 Å². The molecule has 0 bridgehead atoms. The topological polar surface area (TPSA) is 43.3 Å². The average Bonchev–Trinajstić information content (AvgIpc) is 3.24. The molecule has 0 aliphatic carbocycles. The van der Waals surface area contributed by atoms with Crippen LogP contribution in [0.5, 0.6) is 17.2 Å². The smallest absolute Gasteiger partial charge is 0.213 e. The lowest BCUT2D eigenvalue weighted by Gasteiger charge is -2.38. The summed E-state index contributed by atoms with van der Waals surface area (Å²) in [4.78, 5) is 0. The molecule has 3 aromatic carbocycles. The fraction of sp³-hybridized carbons (Fsp3) is 0.208. The van der Waals surface area contributed by atoms with Gasteiger partial charge in [-0.3, -0.25) is 0 Å². The van der Waals surface area contributed by atoms with Gasteiger partial charge in [0.15, 0.2) is 0 Å². The van der Waals surface area contributed by atoms with Crippen molar-refractivity contribution in [1.29, 1.82) is 0 Å². The molecule has 0 amide bonds. The minimum atomic E-state index is -0.266. The van der Waals surface area contributed by atoms with Gasteiger partial charge in [0.2, 0.25) is 6.23 Å². The molecule has 0 spiro atoms. The molecule has 2 aliphatic heterocycles. The van der Waals surface area contributed by atoms with Gasteiger partial charge in [-0.25, -0.2) is 5.01 Å². The van der Waals surface area contributed by atoms with Crippen LogP contribution in [0, 0.1) is 0 Å². The quantitative estimate of drug-likeness (QED) is 0.637. The molecule has 0 fully saturated rings. The van der Waals surface area contributed by atoms with Gasteiger partial charge in [0.05, 0.1) is 26.0 Å². The fourth-order valence-corrected chi connectivity index (χ4v) is 3.99. The highest BCUT2D eigenvalue weighted by Gasteiger charge is 2.41. The van der Waals surface area contributed by atoms with Crippen molar-refractivity contribution < 1.29 is 14.2 Å². The molecule has 0 N–H and O–H groups in total. The second kappa shape index (κ2) is 7.17. The van der Waals surface area contributed by atoms with E-state index in [2.05, 4.69) is 35.3 Å². The molecule has 2 aliphatic rings. The number of nitrogens with zero attached hydrogens (tertiary/aromatic N) is 2. The van der Waals surface area contributed by atoms with Gasteiger partial charge >= 0.3 is 0 Å². The minimum absolute atomic E-state index is 0.0937. The third-order valence-corrected chi connectivity index (χ3v) is 5.50. The zero-order valence-electron chi connectivity index (χ0n) is 16.4. The largest absolute Gasteiger partial charge is 0.497 e. The molecule has 0 radical (unpaired) electrons. The first-order chi connectivity index (χ1) is 14.3. The molecule has 0 saturated carbocycles. The highest BCUT2D eigenvalue weighted by atomic mass is 16.5. The van der Waals surface area contributed by atoms with Crippen LogP contribution in [0.3, 0.4) is 0 Å². The van der Waals surface area contributed by atoms with Crippen LogP contribution in [0.4, 0.5) is 0 Å². The lowest BCUT2D eigenvalue weighted by Crippen LogP contribution is -2.33. The van der Waals surface area contributed by atoms with Gasteiger partial charge < -0.3 is 14.2 Å². The van der Waals surface area contributed by atoms with Gasteiger partial charge in [-0.1, -0.05) is 30.3 Å². The summed E-state index contributed by atoms with van der Waals surface area (Å²) in [5, 5.41) is 7.07. The first-order valence-corrected chi connectivity index (χ1v) is 9.66. The highest BCUT2D eigenvalue weighted by molar-refractivity contribution is 6.02. The monoisotopic (exact) mass is 386 g/mol. The second-order valence-electron chi connectivity index (χ2n) is 7.16. The standard InChI is InChI=1S/C24H22N2O3/c1-27-18-10-8-16(9-11-18)21-15-22-20-14-19(28-2)12-13-23(20)29-24(26(22)25-21)17-6-4-3-5-7-17/h3-14,22,24H,15H2,1-2H3. The van der Waals surface area contributed by atoms with Crippen LogP contribution in [0.25, 0.3) is 0 Å². The Balaban J connectivity index is 1.57. The van der Waals surface area contributed by atoms with E-state index in [9.17, 15) is 0 Å². The van der Waals surface area contributed by atoms with Gasteiger partial charge in [-0.05, 0) is 48.0 Å². The summed E-state index contributed by atoms with van der Waals surface area (Å²) < 4.78 is 17.1. The number of fused-ring (bicyclic) bond motifs is 3. The summed E-state index contributed by atoms with van der Waals surface area (Å²) in [6.07, 6.45) is 0.539. The van der Waals surface area contributed by atoms with E-state index < -0.39 is 0 Å². The molecule has 0 saturated heterocycles. The summed E-state index contributed by atoms with van der Waals surface area (Å²) >= 11 is 0. The van der Waals surface area contributed by atoms with Crippen molar-refractivity contribution in [1.82, 2.24) is 5.01 Å². The minimum Gasteiger partial charge on any atom is -0.497 e. The number of benzene rings is 3. The molecule has 5 rings (SSSR count). The Hall–Kier alpha value is -3.47. The van der Waals surface area contributed by atoms with E-state index in [1.54, 1.807) is 14.2 Å². The fourth-order valence-electron chi connectivity index (χ4n) is 3.99. The maximum atomic E-state index is 6.40. The first-order valence-electron chi connectivity index (χ1n) is 9.66. The number of hydrogen-bond donors (Lipinski definition) is 0. The summed E-state index contributed by atoms with van der Waals surface area (Å²) in [6, 6.07) is 24.4. The molecule has 2 atom stereocenters. The summed E-state index contributed by atoms with van der Waals surface area (Å²) in [5.41, 5.74) is 4.32. The normalized spacial score (nSPS) is 19.7. The molecule has 5 nitrogen and oxygen atoms in total. The zero-order chi connectivity index (χ0) is 19.8. The van der Waals surface area contributed by atoms with Gasteiger partial charge in [0.1, 0.15) is 17.2 Å². The Morgan fingerprint density at radius 1 is 0.897 bits per heavy atom. The summed E-state index contributed by atoms with van der Waals surface area (Å²) in [7, 11) is 3.36. The predicted molar refractivity (Wildman–Crippen MR) is 112 cm³/mol.